The number of esters is 1. The van der Waals surface area contributed by atoms with Crippen LogP contribution in [0.4, 0.5) is 5.69 Å². The molecule has 1 N–H and O–H groups in total. The van der Waals surface area contributed by atoms with Gasteiger partial charge in [0.1, 0.15) is 0 Å². The normalized spacial score (nSPS) is 14.8. The van der Waals surface area contributed by atoms with E-state index in [1.807, 2.05) is 0 Å². The maximum atomic E-state index is 12.0. The van der Waals surface area contributed by atoms with Crippen molar-refractivity contribution in [3.63, 3.8) is 0 Å². The highest BCUT2D eigenvalue weighted by molar-refractivity contribution is 5.93. The summed E-state index contributed by atoms with van der Waals surface area (Å²) in [5.41, 5.74) is -0.356. The van der Waals surface area contributed by atoms with Crippen molar-refractivity contribution < 1.29 is 24.0 Å². The maximum Gasteiger partial charge on any atom is 0.339 e. The molecule has 1 aliphatic carbocycles. The van der Waals surface area contributed by atoms with Crippen molar-refractivity contribution in [2.45, 2.75) is 31.9 Å². The molecular weight excluding hydrogens is 292 g/mol. The molecule has 0 aromatic heterocycles. The van der Waals surface area contributed by atoms with E-state index in [1.54, 1.807) is 0 Å². The molecule has 22 heavy (non-hydrogen) atoms. The average Bonchev–Trinajstić information content (AvgIpc) is 3.30. The lowest BCUT2D eigenvalue weighted by atomic mass is 10.2. The molecule has 8 nitrogen and oxygen atoms in total. The standard InChI is InChI=1S/C14H16N2O6/c1-8(13(17)15-10-4-5-10)22-14(18)9-3-6-12(21-2)11(7-9)16(19)20/h3,6-8,10H,4-5H2,1-2H3,(H,15,17)/t8-/m0/s1. The summed E-state index contributed by atoms with van der Waals surface area (Å²) in [5, 5.41) is 13.6. The van der Waals surface area contributed by atoms with Gasteiger partial charge in [0.15, 0.2) is 11.9 Å². The Morgan fingerprint density at radius 3 is 2.64 bits per heavy atom. The van der Waals surface area contributed by atoms with E-state index in [2.05, 4.69) is 5.32 Å². The number of carbonyl (C=O) groups is 2. The summed E-state index contributed by atoms with van der Waals surface area (Å²) >= 11 is 0. The summed E-state index contributed by atoms with van der Waals surface area (Å²) in [6.07, 6.45) is 0.892. The highest BCUT2D eigenvalue weighted by Crippen LogP contribution is 2.28. The minimum atomic E-state index is -0.964. The van der Waals surface area contributed by atoms with Gasteiger partial charge in [-0.3, -0.25) is 14.9 Å². The van der Waals surface area contributed by atoms with Gasteiger partial charge in [-0.2, -0.15) is 0 Å². The van der Waals surface area contributed by atoms with Crippen molar-refractivity contribution in [2.24, 2.45) is 0 Å². The molecule has 0 saturated heterocycles. The van der Waals surface area contributed by atoms with Gasteiger partial charge in [-0.15, -0.1) is 0 Å². The predicted molar refractivity (Wildman–Crippen MR) is 75.7 cm³/mol. The first-order chi connectivity index (χ1) is 10.4. The van der Waals surface area contributed by atoms with Crippen molar-refractivity contribution in [1.29, 1.82) is 0 Å². The van der Waals surface area contributed by atoms with E-state index in [-0.39, 0.29) is 28.9 Å². The van der Waals surface area contributed by atoms with Crippen LogP contribution in [0.25, 0.3) is 0 Å². The maximum absolute atomic E-state index is 12.0. The zero-order valence-electron chi connectivity index (χ0n) is 12.2. The summed E-state index contributed by atoms with van der Waals surface area (Å²) < 4.78 is 9.87. The van der Waals surface area contributed by atoms with Crippen LogP contribution in [0, 0.1) is 10.1 Å². The van der Waals surface area contributed by atoms with E-state index in [9.17, 15) is 19.7 Å². The average molecular weight is 308 g/mol. The van der Waals surface area contributed by atoms with Crippen LogP contribution in [0.3, 0.4) is 0 Å². The van der Waals surface area contributed by atoms with Crippen molar-refractivity contribution in [3.05, 3.63) is 33.9 Å². The van der Waals surface area contributed by atoms with E-state index < -0.39 is 17.0 Å². The molecule has 0 aliphatic heterocycles. The van der Waals surface area contributed by atoms with Crippen LogP contribution in [-0.2, 0) is 9.53 Å². The summed E-state index contributed by atoms with van der Waals surface area (Å²) in [6.45, 7) is 1.45. The lowest BCUT2D eigenvalue weighted by Gasteiger charge is -2.13. The number of hydrogen-bond acceptors (Lipinski definition) is 6. The van der Waals surface area contributed by atoms with Gasteiger partial charge < -0.3 is 14.8 Å². The molecule has 1 aromatic rings. The lowest BCUT2D eigenvalue weighted by Crippen LogP contribution is -2.37. The first kappa shape index (κ1) is 15.7. The SMILES string of the molecule is COc1ccc(C(=O)O[C@@H](C)C(=O)NC2CC2)cc1[N+](=O)[O-]. The monoisotopic (exact) mass is 308 g/mol. The van der Waals surface area contributed by atoms with Crippen LogP contribution in [0.2, 0.25) is 0 Å². The third-order valence-electron chi connectivity index (χ3n) is 3.19. The van der Waals surface area contributed by atoms with Crippen LogP contribution in [0.15, 0.2) is 18.2 Å². The molecule has 1 fully saturated rings. The minimum absolute atomic E-state index is 0.0152. The topological polar surface area (TPSA) is 108 Å². The van der Waals surface area contributed by atoms with E-state index in [0.717, 1.165) is 18.9 Å². The third-order valence-corrected chi connectivity index (χ3v) is 3.19. The molecule has 1 amide bonds. The van der Waals surface area contributed by atoms with E-state index in [0.29, 0.717) is 0 Å². The number of nitrogens with zero attached hydrogens (tertiary/aromatic N) is 1. The Kier molecular flexibility index (Phi) is 4.59. The number of hydrogen-bond donors (Lipinski definition) is 1. The minimum Gasteiger partial charge on any atom is -0.490 e. The summed E-state index contributed by atoms with van der Waals surface area (Å²) in [5.74, 6) is -1.14. The van der Waals surface area contributed by atoms with Crippen LogP contribution in [0.1, 0.15) is 30.1 Å². The van der Waals surface area contributed by atoms with Gasteiger partial charge >= 0.3 is 11.7 Å². The molecule has 0 unspecified atom stereocenters. The fourth-order valence-corrected chi connectivity index (χ4v) is 1.79. The second-order valence-corrected chi connectivity index (χ2v) is 4.97. The smallest absolute Gasteiger partial charge is 0.339 e. The second-order valence-electron chi connectivity index (χ2n) is 4.97. The molecule has 1 aliphatic rings. The van der Waals surface area contributed by atoms with Crippen molar-refractivity contribution in [2.75, 3.05) is 7.11 Å². The lowest BCUT2D eigenvalue weighted by molar-refractivity contribution is -0.385. The zero-order valence-corrected chi connectivity index (χ0v) is 12.2. The van der Waals surface area contributed by atoms with Gasteiger partial charge in [-0.1, -0.05) is 0 Å². The largest absolute Gasteiger partial charge is 0.490 e. The Morgan fingerprint density at radius 2 is 2.09 bits per heavy atom. The van der Waals surface area contributed by atoms with Crippen molar-refractivity contribution >= 4 is 17.6 Å². The second kappa shape index (κ2) is 6.42. The van der Waals surface area contributed by atoms with Gasteiger partial charge in [0.05, 0.1) is 17.6 Å². The molecular formula is C14H16N2O6. The number of benzene rings is 1. The van der Waals surface area contributed by atoms with Crippen molar-refractivity contribution in [1.82, 2.24) is 5.32 Å². The van der Waals surface area contributed by atoms with Gasteiger partial charge in [0.2, 0.25) is 0 Å². The number of nitro benzene ring substituents is 1. The van der Waals surface area contributed by atoms with Gasteiger partial charge in [0, 0.05) is 12.1 Å². The van der Waals surface area contributed by atoms with E-state index in [1.165, 1.54) is 26.2 Å². The number of methoxy groups -OCH3 is 1. The van der Waals surface area contributed by atoms with E-state index in [4.69, 9.17) is 9.47 Å². The van der Waals surface area contributed by atoms with Crippen LogP contribution >= 0.6 is 0 Å². The Bertz CT molecular complexity index is 611. The fourth-order valence-electron chi connectivity index (χ4n) is 1.79. The number of nitrogens with one attached hydrogen (secondary N) is 1. The summed E-state index contributed by atoms with van der Waals surface area (Å²) in [4.78, 5) is 34.0. The Labute approximate surface area is 126 Å². The number of carbonyl (C=O) groups excluding carboxylic acids is 2. The van der Waals surface area contributed by atoms with Gasteiger partial charge in [-0.05, 0) is 31.9 Å². The van der Waals surface area contributed by atoms with E-state index >= 15 is 0 Å². The molecule has 118 valence electrons. The predicted octanol–water partition coefficient (Wildman–Crippen LogP) is 1.43. The number of ether oxygens (including phenoxy) is 2. The molecule has 0 radical (unpaired) electrons. The van der Waals surface area contributed by atoms with Crippen LogP contribution in [0.5, 0.6) is 5.75 Å². The molecule has 1 aromatic carbocycles. The number of rotatable bonds is 6. The highest BCUT2D eigenvalue weighted by Gasteiger charge is 2.28. The molecule has 0 spiro atoms. The zero-order chi connectivity index (χ0) is 16.3. The molecule has 0 heterocycles. The first-order valence-electron chi connectivity index (χ1n) is 6.76. The quantitative estimate of drug-likeness (QED) is 0.484. The Morgan fingerprint density at radius 1 is 1.41 bits per heavy atom. The summed E-state index contributed by atoms with van der Waals surface area (Å²) in [7, 11) is 1.30. The third kappa shape index (κ3) is 3.72. The number of amides is 1. The van der Waals surface area contributed by atoms with Gasteiger partial charge in [0.25, 0.3) is 5.91 Å². The molecule has 1 saturated carbocycles. The highest BCUT2D eigenvalue weighted by atomic mass is 16.6. The summed E-state index contributed by atoms with van der Waals surface area (Å²) in [6, 6.07) is 3.88. The van der Waals surface area contributed by atoms with Crippen LogP contribution in [-0.4, -0.2) is 36.1 Å². The number of nitro groups is 1. The Hall–Kier alpha value is -2.64. The first-order valence-corrected chi connectivity index (χ1v) is 6.76. The van der Waals surface area contributed by atoms with Crippen molar-refractivity contribution in [3.8, 4) is 5.75 Å². The molecule has 8 heteroatoms. The Balaban J connectivity index is 2.06. The molecule has 0 bridgehead atoms. The molecule has 1 atom stereocenters. The van der Waals surface area contributed by atoms with Gasteiger partial charge in [-0.25, -0.2) is 4.79 Å². The fraction of sp³-hybridized carbons (Fsp3) is 0.429. The van der Waals surface area contributed by atoms with Crippen LogP contribution < -0.4 is 10.1 Å². The molecule has 2 rings (SSSR count).